The van der Waals surface area contributed by atoms with E-state index in [1.54, 1.807) is 0 Å². The normalized spacial score (nSPS) is 13.8. The lowest BCUT2D eigenvalue weighted by molar-refractivity contribution is -0.108. The van der Waals surface area contributed by atoms with Crippen LogP contribution in [0.4, 0.5) is 0 Å². The Balaban J connectivity index is 3.26. The lowest BCUT2D eigenvalue weighted by Gasteiger charge is -2.10. The molecule has 0 aromatic carbocycles. The summed E-state index contributed by atoms with van der Waals surface area (Å²) in [6.07, 6.45) is 2.44. The van der Waals surface area contributed by atoms with Gasteiger partial charge in [-0.1, -0.05) is 6.92 Å². The number of aldehydes is 1. The highest BCUT2D eigenvalue weighted by molar-refractivity contribution is 7.99. The largest absolute Gasteiger partial charge is 0.303 e. The van der Waals surface area contributed by atoms with Crippen molar-refractivity contribution in [3.63, 3.8) is 0 Å². The first kappa shape index (κ1) is 9.37. The standard InChI is InChI=1S/C6H12OS2/c1-5(6(8)9)3-2-4-7/h4-6,8-9H,2-3H2,1H3/t5-/m0/s1. The summed E-state index contributed by atoms with van der Waals surface area (Å²) >= 11 is 8.23. The van der Waals surface area contributed by atoms with E-state index < -0.39 is 0 Å². The zero-order chi connectivity index (χ0) is 7.28. The molecule has 0 unspecified atom stereocenters. The van der Waals surface area contributed by atoms with Gasteiger partial charge in [0.05, 0.1) is 0 Å². The number of carbonyl (C=O) groups excluding carboxylic acids is 1. The number of hydrogen-bond donors (Lipinski definition) is 2. The first-order chi connectivity index (χ1) is 4.18. The predicted molar refractivity (Wildman–Crippen MR) is 46.2 cm³/mol. The van der Waals surface area contributed by atoms with Crippen LogP contribution in [0, 0.1) is 5.92 Å². The van der Waals surface area contributed by atoms with Crippen LogP contribution in [0.25, 0.3) is 0 Å². The molecule has 0 rings (SSSR count). The molecule has 0 aromatic rings. The van der Waals surface area contributed by atoms with Crippen molar-refractivity contribution in [1.82, 2.24) is 0 Å². The fraction of sp³-hybridized carbons (Fsp3) is 0.833. The van der Waals surface area contributed by atoms with Crippen molar-refractivity contribution in [1.29, 1.82) is 0 Å². The van der Waals surface area contributed by atoms with Crippen molar-refractivity contribution < 1.29 is 4.79 Å². The summed E-state index contributed by atoms with van der Waals surface area (Å²) in [7, 11) is 0. The van der Waals surface area contributed by atoms with E-state index in [1.165, 1.54) is 0 Å². The quantitative estimate of drug-likeness (QED) is 0.368. The highest BCUT2D eigenvalue weighted by Gasteiger charge is 2.06. The first-order valence-corrected chi connectivity index (χ1v) is 4.01. The maximum Gasteiger partial charge on any atom is 0.120 e. The fourth-order valence-corrected chi connectivity index (χ4v) is 0.778. The molecule has 54 valence electrons. The van der Waals surface area contributed by atoms with Crippen LogP contribution in [0.1, 0.15) is 19.8 Å². The molecule has 1 atom stereocenters. The van der Waals surface area contributed by atoms with Gasteiger partial charge in [-0.3, -0.25) is 0 Å². The van der Waals surface area contributed by atoms with Crippen LogP contribution < -0.4 is 0 Å². The van der Waals surface area contributed by atoms with Gasteiger partial charge in [0.1, 0.15) is 6.29 Å². The third-order valence-electron chi connectivity index (χ3n) is 1.25. The summed E-state index contributed by atoms with van der Waals surface area (Å²) in [4.78, 5) is 9.88. The second kappa shape index (κ2) is 5.18. The van der Waals surface area contributed by atoms with Crippen molar-refractivity contribution in [3.8, 4) is 0 Å². The first-order valence-electron chi connectivity index (χ1n) is 2.98. The van der Waals surface area contributed by atoms with Gasteiger partial charge >= 0.3 is 0 Å². The van der Waals surface area contributed by atoms with E-state index in [1.807, 2.05) is 6.92 Å². The van der Waals surface area contributed by atoms with E-state index in [0.29, 0.717) is 12.3 Å². The Morgan fingerprint density at radius 3 is 2.44 bits per heavy atom. The van der Waals surface area contributed by atoms with Crippen LogP contribution in [-0.4, -0.2) is 10.9 Å². The summed E-state index contributed by atoms with van der Waals surface area (Å²) in [6.45, 7) is 2.04. The second-order valence-corrected chi connectivity index (χ2v) is 3.65. The Kier molecular flexibility index (Phi) is 5.39. The van der Waals surface area contributed by atoms with Crippen LogP contribution in [-0.2, 0) is 4.79 Å². The zero-order valence-electron chi connectivity index (χ0n) is 5.45. The molecule has 3 heteroatoms. The molecule has 0 fully saturated rings. The molecule has 0 aliphatic carbocycles. The van der Waals surface area contributed by atoms with E-state index in [0.717, 1.165) is 12.7 Å². The lowest BCUT2D eigenvalue weighted by Crippen LogP contribution is -2.04. The summed E-state index contributed by atoms with van der Waals surface area (Å²) in [5.41, 5.74) is 0. The van der Waals surface area contributed by atoms with Crippen LogP contribution >= 0.6 is 25.3 Å². The predicted octanol–water partition coefficient (Wildman–Crippen LogP) is 1.79. The van der Waals surface area contributed by atoms with E-state index in [9.17, 15) is 4.79 Å². The summed E-state index contributed by atoms with van der Waals surface area (Å²) in [5.74, 6) is 0.418. The Bertz CT molecular complexity index is 83.1. The molecule has 0 bridgehead atoms. The Morgan fingerprint density at radius 2 is 2.11 bits per heavy atom. The highest BCUT2D eigenvalue weighted by Crippen LogP contribution is 2.17. The van der Waals surface area contributed by atoms with E-state index >= 15 is 0 Å². The second-order valence-electron chi connectivity index (χ2n) is 2.13. The molecule has 0 spiro atoms. The van der Waals surface area contributed by atoms with Crippen LogP contribution in [0.2, 0.25) is 0 Å². The monoisotopic (exact) mass is 164 g/mol. The minimum atomic E-state index is 0.102. The van der Waals surface area contributed by atoms with Gasteiger partial charge in [-0.2, -0.15) is 25.3 Å². The molecule has 0 aliphatic heterocycles. The van der Waals surface area contributed by atoms with Crippen LogP contribution in [0.3, 0.4) is 0 Å². The topological polar surface area (TPSA) is 17.1 Å². The summed E-state index contributed by atoms with van der Waals surface area (Å²) in [5, 5.41) is 0. The third-order valence-corrected chi connectivity index (χ3v) is 2.27. The average molecular weight is 164 g/mol. The third kappa shape index (κ3) is 4.85. The lowest BCUT2D eigenvalue weighted by atomic mass is 10.1. The van der Waals surface area contributed by atoms with Gasteiger partial charge in [-0.05, 0) is 12.3 Å². The van der Waals surface area contributed by atoms with Gasteiger partial charge in [-0.15, -0.1) is 0 Å². The molecule has 0 aliphatic rings. The molecular formula is C6H12OS2. The molecule has 0 radical (unpaired) electrons. The maximum atomic E-state index is 9.88. The zero-order valence-corrected chi connectivity index (χ0v) is 7.24. The van der Waals surface area contributed by atoms with Gasteiger partial charge in [0.25, 0.3) is 0 Å². The molecular weight excluding hydrogens is 152 g/mol. The van der Waals surface area contributed by atoms with E-state index in [2.05, 4.69) is 25.3 Å². The molecule has 9 heavy (non-hydrogen) atoms. The van der Waals surface area contributed by atoms with Gasteiger partial charge in [0.2, 0.25) is 0 Å². The molecule has 1 nitrogen and oxygen atoms in total. The van der Waals surface area contributed by atoms with E-state index in [4.69, 9.17) is 0 Å². The minimum Gasteiger partial charge on any atom is -0.303 e. The number of hydrogen-bond acceptors (Lipinski definition) is 3. The highest BCUT2D eigenvalue weighted by atomic mass is 32.2. The average Bonchev–Trinajstić information content (AvgIpc) is 1.82. The fourth-order valence-electron chi connectivity index (χ4n) is 0.480. The molecule has 0 heterocycles. The summed E-state index contributed by atoms with van der Waals surface area (Å²) < 4.78 is 0.102. The van der Waals surface area contributed by atoms with E-state index in [-0.39, 0.29) is 4.58 Å². The van der Waals surface area contributed by atoms with Gasteiger partial charge in [0.15, 0.2) is 0 Å². The number of rotatable bonds is 4. The van der Waals surface area contributed by atoms with Gasteiger partial charge in [-0.25, -0.2) is 0 Å². The maximum absolute atomic E-state index is 9.88. The van der Waals surface area contributed by atoms with Crippen molar-refractivity contribution in [2.24, 2.45) is 5.92 Å². The molecule has 0 amide bonds. The van der Waals surface area contributed by atoms with Gasteiger partial charge in [0, 0.05) is 11.0 Å². The van der Waals surface area contributed by atoms with Crippen molar-refractivity contribution >= 4 is 31.5 Å². The smallest absolute Gasteiger partial charge is 0.120 e. The van der Waals surface area contributed by atoms with Crippen molar-refractivity contribution in [2.75, 3.05) is 0 Å². The van der Waals surface area contributed by atoms with Gasteiger partial charge < -0.3 is 4.79 Å². The minimum absolute atomic E-state index is 0.102. The molecule has 0 N–H and O–H groups in total. The number of thiol groups is 2. The van der Waals surface area contributed by atoms with Crippen LogP contribution in [0.5, 0.6) is 0 Å². The number of carbonyl (C=O) groups is 1. The molecule has 0 aromatic heterocycles. The Labute approximate surface area is 67.0 Å². The SMILES string of the molecule is C[C@@H](CCC=O)C(S)S. The van der Waals surface area contributed by atoms with Crippen molar-refractivity contribution in [3.05, 3.63) is 0 Å². The van der Waals surface area contributed by atoms with Crippen molar-refractivity contribution in [2.45, 2.75) is 24.3 Å². The molecule has 0 saturated carbocycles. The molecule has 0 saturated heterocycles. The Hall–Kier alpha value is 0.370. The Morgan fingerprint density at radius 1 is 1.56 bits per heavy atom. The van der Waals surface area contributed by atoms with Crippen LogP contribution in [0.15, 0.2) is 0 Å². The summed E-state index contributed by atoms with van der Waals surface area (Å²) in [6, 6.07) is 0.